The van der Waals surface area contributed by atoms with Crippen LogP contribution in [0.2, 0.25) is 0 Å². The Labute approximate surface area is 123 Å². The van der Waals surface area contributed by atoms with E-state index < -0.39 is 6.36 Å². The SMILES string of the molecule is COCCOCCNc1ccc(Br)cc1OC(F)(F)F. The second kappa shape index (κ2) is 8.33. The van der Waals surface area contributed by atoms with Crippen molar-refractivity contribution in [3.8, 4) is 5.75 Å². The molecule has 0 fully saturated rings. The Hall–Kier alpha value is -0.990. The zero-order chi connectivity index (χ0) is 15.0. The van der Waals surface area contributed by atoms with Crippen molar-refractivity contribution in [1.29, 1.82) is 0 Å². The Morgan fingerprint density at radius 3 is 2.60 bits per heavy atom. The van der Waals surface area contributed by atoms with Gasteiger partial charge < -0.3 is 19.5 Å². The summed E-state index contributed by atoms with van der Waals surface area (Å²) in [6.07, 6.45) is -4.73. The summed E-state index contributed by atoms with van der Waals surface area (Å²) in [5, 5.41) is 2.83. The lowest BCUT2D eigenvalue weighted by Crippen LogP contribution is -2.19. The van der Waals surface area contributed by atoms with Crippen molar-refractivity contribution in [2.75, 3.05) is 38.8 Å². The van der Waals surface area contributed by atoms with E-state index in [4.69, 9.17) is 9.47 Å². The molecule has 1 rings (SSSR count). The van der Waals surface area contributed by atoms with Gasteiger partial charge in [0.2, 0.25) is 0 Å². The second-order valence-corrected chi connectivity index (χ2v) is 4.64. The minimum absolute atomic E-state index is 0.251. The summed E-state index contributed by atoms with van der Waals surface area (Å²) in [7, 11) is 1.56. The molecule has 0 aliphatic heterocycles. The predicted octanol–water partition coefficient (Wildman–Crippen LogP) is 3.42. The number of ether oxygens (including phenoxy) is 3. The van der Waals surface area contributed by atoms with E-state index in [1.165, 1.54) is 12.1 Å². The first-order valence-corrected chi connectivity index (χ1v) is 6.57. The van der Waals surface area contributed by atoms with Crippen LogP contribution in [0.5, 0.6) is 5.75 Å². The topological polar surface area (TPSA) is 39.7 Å². The van der Waals surface area contributed by atoms with Gasteiger partial charge >= 0.3 is 6.36 Å². The van der Waals surface area contributed by atoms with Crippen LogP contribution in [-0.4, -0.2) is 39.8 Å². The Morgan fingerprint density at radius 1 is 1.20 bits per heavy atom. The third-order valence-electron chi connectivity index (χ3n) is 2.16. The van der Waals surface area contributed by atoms with Crippen molar-refractivity contribution in [3.63, 3.8) is 0 Å². The van der Waals surface area contributed by atoms with E-state index in [9.17, 15) is 13.2 Å². The summed E-state index contributed by atoms with van der Waals surface area (Å²) >= 11 is 3.10. The second-order valence-electron chi connectivity index (χ2n) is 3.72. The minimum Gasteiger partial charge on any atom is -0.404 e. The maximum atomic E-state index is 12.3. The van der Waals surface area contributed by atoms with Gasteiger partial charge in [-0.1, -0.05) is 15.9 Å². The number of alkyl halides is 3. The van der Waals surface area contributed by atoms with Crippen LogP contribution in [0.15, 0.2) is 22.7 Å². The van der Waals surface area contributed by atoms with Crippen LogP contribution in [0.1, 0.15) is 0 Å². The van der Waals surface area contributed by atoms with E-state index in [0.29, 0.717) is 30.8 Å². The van der Waals surface area contributed by atoms with Crippen LogP contribution in [0.3, 0.4) is 0 Å². The number of halogens is 4. The Morgan fingerprint density at radius 2 is 1.95 bits per heavy atom. The first-order chi connectivity index (χ1) is 9.42. The number of hydrogen-bond donors (Lipinski definition) is 1. The van der Waals surface area contributed by atoms with Gasteiger partial charge in [0.05, 0.1) is 25.5 Å². The van der Waals surface area contributed by atoms with Crippen molar-refractivity contribution in [1.82, 2.24) is 0 Å². The van der Waals surface area contributed by atoms with E-state index in [1.54, 1.807) is 13.2 Å². The molecule has 0 spiro atoms. The molecule has 4 nitrogen and oxygen atoms in total. The minimum atomic E-state index is -4.73. The molecule has 0 aliphatic rings. The van der Waals surface area contributed by atoms with Gasteiger partial charge in [0.25, 0.3) is 0 Å². The number of benzene rings is 1. The molecule has 0 saturated heterocycles. The number of hydrogen-bond acceptors (Lipinski definition) is 4. The van der Waals surface area contributed by atoms with Gasteiger partial charge in [-0.2, -0.15) is 0 Å². The van der Waals surface area contributed by atoms with Gasteiger partial charge in [0, 0.05) is 18.1 Å². The molecule has 8 heteroatoms. The lowest BCUT2D eigenvalue weighted by Gasteiger charge is -2.15. The van der Waals surface area contributed by atoms with Gasteiger partial charge in [-0.05, 0) is 18.2 Å². The standard InChI is InChI=1S/C12H15BrF3NO3/c1-18-6-7-19-5-4-17-10-3-2-9(13)8-11(10)20-12(14,15)16/h2-3,8,17H,4-7H2,1H3. The monoisotopic (exact) mass is 357 g/mol. The predicted molar refractivity (Wildman–Crippen MR) is 72.0 cm³/mol. The van der Waals surface area contributed by atoms with Crippen LogP contribution in [0, 0.1) is 0 Å². The quantitative estimate of drug-likeness (QED) is 0.723. The zero-order valence-corrected chi connectivity index (χ0v) is 12.4. The van der Waals surface area contributed by atoms with Crippen molar-refractivity contribution in [2.45, 2.75) is 6.36 Å². The molecule has 0 saturated carbocycles. The number of methoxy groups -OCH3 is 1. The van der Waals surface area contributed by atoms with E-state index in [0.717, 1.165) is 0 Å². The highest BCUT2D eigenvalue weighted by molar-refractivity contribution is 9.10. The molecule has 0 radical (unpaired) electrons. The smallest absolute Gasteiger partial charge is 0.404 e. The fourth-order valence-corrected chi connectivity index (χ4v) is 1.69. The summed E-state index contributed by atoms with van der Waals surface area (Å²) in [5.74, 6) is -0.288. The van der Waals surface area contributed by atoms with Gasteiger partial charge in [0.15, 0.2) is 5.75 Å². The van der Waals surface area contributed by atoms with Crippen molar-refractivity contribution in [3.05, 3.63) is 22.7 Å². The van der Waals surface area contributed by atoms with Crippen LogP contribution >= 0.6 is 15.9 Å². The summed E-state index contributed by atoms with van der Waals surface area (Å²) < 4.78 is 51.3. The molecule has 1 aromatic rings. The van der Waals surface area contributed by atoms with Gasteiger partial charge in [0.1, 0.15) is 0 Å². The van der Waals surface area contributed by atoms with Gasteiger partial charge in [-0.3, -0.25) is 0 Å². The molecule has 0 unspecified atom stereocenters. The van der Waals surface area contributed by atoms with Crippen LogP contribution in [0.25, 0.3) is 0 Å². The normalized spacial score (nSPS) is 11.4. The van der Waals surface area contributed by atoms with Crippen molar-refractivity contribution in [2.24, 2.45) is 0 Å². The molecule has 0 atom stereocenters. The van der Waals surface area contributed by atoms with E-state index in [1.807, 2.05) is 0 Å². The maximum Gasteiger partial charge on any atom is 0.573 e. The molecule has 1 aromatic carbocycles. The summed E-state index contributed by atoms with van der Waals surface area (Å²) in [6.45, 7) is 1.62. The number of rotatable bonds is 8. The molecule has 0 bridgehead atoms. The van der Waals surface area contributed by atoms with E-state index in [-0.39, 0.29) is 11.4 Å². The highest BCUT2D eigenvalue weighted by atomic mass is 79.9. The average molecular weight is 358 g/mol. The van der Waals surface area contributed by atoms with Gasteiger partial charge in [-0.25, -0.2) is 0 Å². The van der Waals surface area contributed by atoms with Crippen LogP contribution in [0.4, 0.5) is 18.9 Å². The molecular weight excluding hydrogens is 343 g/mol. The number of anilines is 1. The maximum absolute atomic E-state index is 12.3. The van der Waals surface area contributed by atoms with Crippen molar-refractivity contribution < 1.29 is 27.4 Å². The Kier molecular flexibility index (Phi) is 7.11. The first-order valence-electron chi connectivity index (χ1n) is 5.78. The van der Waals surface area contributed by atoms with E-state index >= 15 is 0 Å². The summed E-state index contributed by atoms with van der Waals surface area (Å²) in [5.41, 5.74) is 0.251. The first kappa shape index (κ1) is 17.1. The largest absolute Gasteiger partial charge is 0.573 e. The van der Waals surface area contributed by atoms with E-state index in [2.05, 4.69) is 26.0 Å². The molecule has 20 heavy (non-hydrogen) atoms. The Balaban J connectivity index is 2.51. The fourth-order valence-electron chi connectivity index (χ4n) is 1.35. The average Bonchev–Trinajstić information content (AvgIpc) is 2.34. The van der Waals surface area contributed by atoms with Crippen LogP contribution in [-0.2, 0) is 9.47 Å². The third kappa shape index (κ3) is 6.97. The molecule has 0 amide bonds. The zero-order valence-electron chi connectivity index (χ0n) is 10.8. The summed E-state index contributed by atoms with van der Waals surface area (Å²) in [6, 6.07) is 4.37. The third-order valence-corrected chi connectivity index (χ3v) is 2.66. The lowest BCUT2D eigenvalue weighted by molar-refractivity contribution is -0.274. The highest BCUT2D eigenvalue weighted by Gasteiger charge is 2.32. The Bertz CT molecular complexity index is 415. The lowest BCUT2D eigenvalue weighted by atomic mass is 10.3. The molecule has 114 valence electrons. The number of nitrogens with one attached hydrogen (secondary N) is 1. The molecule has 0 aliphatic carbocycles. The molecule has 0 heterocycles. The van der Waals surface area contributed by atoms with Crippen molar-refractivity contribution >= 4 is 21.6 Å². The van der Waals surface area contributed by atoms with Crippen LogP contribution < -0.4 is 10.1 Å². The molecular formula is C12H15BrF3NO3. The highest BCUT2D eigenvalue weighted by Crippen LogP contribution is 2.32. The molecule has 1 N–H and O–H groups in total. The van der Waals surface area contributed by atoms with Gasteiger partial charge in [-0.15, -0.1) is 13.2 Å². The molecule has 0 aromatic heterocycles. The fraction of sp³-hybridized carbons (Fsp3) is 0.500. The summed E-state index contributed by atoms with van der Waals surface area (Å²) in [4.78, 5) is 0.